The molecule has 4 nitrogen and oxygen atoms in total. The molecule has 1 fully saturated rings. The lowest BCUT2D eigenvalue weighted by Gasteiger charge is -2.19. The molecule has 1 aromatic heterocycles. The molecule has 0 radical (unpaired) electrons. The summed E-state index contributed by atoms with van der Waals surface area (Å²) in [5, 5.41) is 0. The van der Waals surface area contributed by atoms with Gasteiger partial charge < -0.3 is 9.30 Å². The first-order valence-corrected chi connectivity index (χ1v) is 7.53. The average molecular weight is 284 g/mol. The summed E-state index contributed by atoms with van der Waals surface area (Å²) in [6, 6.07) is 0. The maximum atomic E-state index is 11.0. The standard InChI is InChI=1S/C8H14O2.C4H6N2.2C2H6/c1-8(2,3)10-7(9)6-4-5-6;1-6-3-2-5-4-6;2*1-2/h6H,4-5H2,1-3H3;2-4H,1H3;2*1-2H3. The Labute approximate surface area is 124 Å². The highest BCUT2D eigenvalue weighted by molar-refractivity contribution is 5.75. The minimum Gasteiger partial charge on any atom is -0.460 e. The van der Waals surface area contributed by atoms with Crippen molar-refractivity contribution in [2.45, 2.75) is 66.9 Å². The van der Waals surface area contributed by atoms with Gasteiger partial charge in [-0.1, -0.05) is 27.7 Å². The van der Waals surface area contributed by atoms with E-state index in [9.17, 15) is 4.79 Å². The van der Waals surface area contributed by atoms with Gasteiger partial charge in [-0.15, -0.1) is 0 Å². The number of carbonyl (C=O) groups excluding carboxylic acids is 1. The number of imidazole rings is 1. The van der Waals surface area contributed by atoms with Gasteiger partial charge in [-0.25, -0.2) is 4.98 Å². The summed E-state index contributed by atoms with van der Waals surface area (Å²) in [6.07, 6.45) is 7.43. The molecule has 1 aliphatic carbocycles. The van der Waals surface area contributed by atoms with Gasteiger partial charge in [0.2, 0.25) is 0 Å². The predicted octanol–water partition coefficient (Wildman–Crippen LogP) is 4.21. The van der Waals surface area contributed by atoms with Crippen LogP contribution in [-0.4, -0.2) is 21.1 Å². The van der Waals surface area contributed by atoms with Crippen LogP contribution in [0.3, 0.4) is 0 Å². The molecular weight excluding hydrogens is 252 g/mol. The van der Waals surface area contributed by atoms with Gasteiger partial charge in [0.1, 0.15) is 5.60 Å². The summed E-state index contributed by atoms with van der Waals surface area (Å²) in [4.78, 5) is 14.8. The number of ether oxygens (including phenoxy) is 1. The van der Waals surface area contributed by atoms with E-state index in [1.54, 1.807) is 12.5 Å². The quantitative estimate of drug-likeness (QED) is 0.726. The number of rotatable bonds is 1. The zero-order valence-corrected chi connectivity index (χ0v) is 14.4. The van der Waals surface area contributed by atoms with Crippen molar-refractivity contribution in [2.24, 2.45) is 13.0 Å². The average Bonchev–Trinajstić information content (AvgIpc) is 3.15. The van der Waals surface area contributed by atoms with E-state index in [2.05, 4.69) is 4.98 Å². The molecule has 118 valence electrons. The summed E-state index contributed by atoms with van der Waals surface area (Å²) in [6.45, 7) is 13.7. The van der Waals surface area contributed by atoms with Crippen LogP contribution in [0, 0.1) is 5.92 Å². The fraction of sp³-hybridized carbons (Fsp3) is 0.750. The summed E-state index contributed by atoms with van der Waals surface area (Å²) in [7, 11) is 1.94. The van der Waals surface area contributed by atoms with E-state index in [0.29, 0.717) is 0 Å². The van der Waals surface area contributed by atoms with Crippen molar-refractivity contribution in [2.75, 3.05) is 0 Å². The number of aromatic nitrogens is 2. The van der Waals surface area contributed by atoms with Crippen LogP contribution in [0.5, 0.6) is 0 Å². The molecule has 0 atom stereocenters. The van der Waals surface area contributed by atoms with Gasteiger partial charge in [0, 0.05) is 19.4 Å². The van der Waals surface area contributed by atoms with E-state index in [0.717, 1.165) is 12.8 Å². The zero-order chi connectivity index (χ0) is 16.2. The Bertz CT molecular complexity index is 323. The molecule has 2 rings (SSSR count). The number of nitrogens with zero attached hydrogens (tertiary/aromatic N) is 2. The number of hydrogen-bond donors (Lipinski definition) is 0. The van der Waals surface area contributed by atoms with Gasteiger partial charge in [0.15, 0.2) is 0 Å². The van der Waals surface area contributed by atoms with Crippen LogP contribution in [0.4, 0.5) is 0 Å². The molecular formula is C16H32N2O2. The molecule has 1 aromatic rings. The van der Waals surface area contributed by atoms with E-state index < -0.39 is 0 Å². The predicted molar refractivity (Wildman–Crippen MR) is 84.5 cm³/mol. The molecule has 0 spiro atoms. The van der Waals surface area contributed by atoms with Crippen LogP contribution < -0.4 is 0 Å². The first-order chi connectivity index (χ1) is 9.38. The molecule has 0 saturated heterocycles. The second kappa shape index (κ2) is 11.5. The fourth-order valence-corrected chi connectivity index (χ4v) is 1.03. The topological polar surface area (TPSA) is 44.1 Å². The monoisotopic (exact) mass is 284 g/mol. The van der Waals surface area contributed by atoms with Crippen molar-refractivity contribution in [3.63, 3.8) is 0 Å². The van der Waals surface area contributed by atoms with Crippen LogP contribution >= 0.6 is 0 Å². The molecule has 0 N–H and O–H groups in total. The van der Waals surface area contributed by atoms with Crippen LogP contribution in [0.15, 0.2) is 18.7 Å². The summed E-state index contributed by atoms with van der Waals surface area (Å²) in [5.41, 5.74) is -0.306. The summed E-state index contributed by atoms with van der Waals surface area (Å²) >= 11 is 0. The van der Waals surface area contributed by atoms with Crippen LogP contribution in [0.25, 0.3) is 0 Å². The summed E-state index contributed by atoms with van der Waals surface area (Å²) in [5.74, 6) is 0.201. The Morgan fingerprint density at radius 3 is 1.90 bits per heavy atom. The third kappa shape index (κ3) is 13.1. The lowest BCUT2D eigenvalue weighted by molar-refractivity contribution is -0.156. The van der Waals surface area contributed by atoms with Crippen molar-refractivity contribution in [3.8, 4) is 0 Å². The van der Waals surface area contributed by atoms with Gasteiger partial charge in [-0.05, 0) is 33.6 Å². The van der Waals surface area contributed by atoms with Gasteiger partial charge in [0.05, 0.1) is 12.2 Å². The van der Waals surface area contributed by atoms with Gasteiger partial charge in [-0.2, -0.15) is 0 Å². The van der Waals surface area contributed by atoms with Crippen molar-refractivity contribution in [1.82, 2.24) is 9.55 Å². The Morgan fingerprint density at radius 1 is 1.20 bits per heavy atom. The zero-order valence-electron chi connectivity index (χ0n) is 14.4. The van der Waals surface area contributed by atoms with Gasteiger partial charge >= 0.3 is 5.97 Å². The minimum absolute atomic E-state index is 0.0208. The van der Waals surface area contributed by atoms with Crippen molar-refractivity contribution >= 4 is 5.97 Å². The Balaban J connectivity index is 0. The molecule has 4 heteroatoms. The molecule has 0 unspecified atom stereocenters. The number of esters is 1. The molecule has 0 aromatic carbocycles. The van der Waals surface area contributed by atoms with E-state index in [1.807, 2.05) is 66.3 Å². The fourth-order valence-electron chi connectivity index (χ4n) is 1.03. The highest BCUT2D eigenvalue weighted by Gasteiger charge is 2.33. The first-order valence-electron chi connectivity index (χ1n) is 7.53. The van der Waals surface area contributed by atoms with Crippen molar-refractivity contribution in [1.29, 1.82) is 0 Å². The Hall–Kier alpha value is -1.32. The Morgan fingerprint density at radius 2 is 1.70 bits per heavy atom. The van der Waals surface area contributed by atoms with Crippen LogP contribution in [-0.2, 0) is 16.6 Å². The number of aryl methyl sites for hydroxylation is 1. The normalized spacial score (nSPS) is 12.6. The largest absolute Gasteiger partial charge is 0.460 e. The first kappa shape index (κ1) is 21.0. The molecule has 20 heavy (non-hydrogen) atoms. The molecule has 1 aliphatic rings. The molecule has 0 aliphatic heterocycles. The van der Waals surface area contributed by atoms with E-state index in [4.69, 9.17) is 4.74 Å². The van der Waals surface area contributed by atoms with Crippen LogP contribution in [0.1, 0.15) is 61.3 Å². The molecule has 0 amide bonds. The Kier molecular flexibility index (Phi) is 12.1. The lowest BCUT2D eigenvalue weighted by Crippen LogP contribution is -2.24. The lowest BCUT2D eigenvalue weighted by atomic mass is 10.2. The molecule has 1 heterocycles. The molecule has 1 saturated carbocycles. The van der Waals surface area contributed by atoms with Crippen molar-refractivity contribution in [3.05, 3.63) is 18.7 Å². The van der Waals surface area contributed by atoms with E-state index in [-0.39, 0.29) is 17.5 Å². The van der Waals surface area contributed by atoms with Crippen molar-refractivity contribution < 1.29 is 9.53 Å². The highest BCUT2D eigenvalue weighted by atomic mass is 16.6. The van der Waals surface area contributed by atoms with E-state index >= 15 is 0 Å². The SMILES string of the molecule is CC.CC.CC(C)(C)OC(=O)C1CC1.Cn1ccnc1. The third-order valence-corrected chi connectivity index (χ3v) is 1.95. The van der Waals surface area contributed by atoms with Gasteiger partial charge in [-0.3, -0.25) is 4.79 Å². The second-order valence-corrected chi connectivity index (χ2v) is 5.04. The molecule has 0 bridgehead atoms. The third-order valence-electron chi connectivity index (χ3n) is 1.95. The van der Waals surface area contributed by atoms with Gasteiger partial charge in [0.25, 0.3) is 0 Å². The highest BCUT2D eigenvalue weighted by Crippen LogP contribution is 2.31. The maximum Gasteiger partial charge on any atom is 0.309 e. The van der Waals surface area contributed by atoms with E-state index in [1.165, 1.54) is 0 Å². The maximum absolute atomic E-state index is 11.0. The smallest absolute Gasteiger partial charge is 0.309 e. The number of hydrogen-bond acceptors (Lipinski definition) is 3. The minimum atomic E-state index is -0.306. The number of carbonyl (C=O) groups is 1. The van der Waals surface area contributed by atoms with Crippen LogP contribution in [0.2, 0.25) is 0 Å². The second-order valence-electron chi connectivity index (χ2n) is 5.04. The summed E-state index contributed by atoms with van der Waals surface area (Å²) < 4.78 is 7.01.